The van der Waals surface area contributed by atoms with Crippen LogP contribution in [-0.2, 0) is 32.3 Å². The maximum atomic E-state index is 13.8. The van der Waals surface area contributed by atoms with Crippen molar-refractivity contribution >= 4 is 29.5 Å². The number of hydrogen-bond acceptors (Lipinski definition) is 7. The Morgan fingerprint density at radius 3 is 2.35 bits per heavy atom. The number of benzene rings is 2. The molecule has 2 aromatic carbocycles. The van der Waals surface area contributed by atoms with E-state index in [2.05, 4.69) is 21.0 Å². The van der Waals surface area contributed by atoms with Gasteiger partial charge >= 0.3 is 0 Å². The van der Waals surface area contributed by atoms with Crippen LogP contribution in [0.2, 0.25) is 0 Å². The quantitative estimate of drug-likeness (QED) is 0.326. The number of fused-ring (bicyclic) bond motifs is 1. The van der Waals surface area contributed by atoms with E-state index in [9.17, 15) is 24.0 Å². The predicted octanol–water partition coefficient (Wildman–Crippen LogP) is 2.91. The Labute approximate surface area is 300 Å². The first kappa shape index (κ1) is 38.6. The van der Waals surface area contributed by atoms with Gasteiger partial charge in [0.1, 0.15) is 24.9 Å². The number of amides is 5. The first-order valence-electron chi connectivity index (χ1n) is 17.5. The van der Waals surface area contributed by atoms with Gasteiger partial charge in [-0.2, -0.15) is 5.10 Å². The molecule has 13 nitrogen and oxygen atoms in total. The molecule has 0 unspecified atom stereocenters. The molecule has 0 radical (unpaired) electrons. The third-order valence-electron chi connectivity index (χ3n) is 9.03. The number of likely N-dealkylation sites (N-methyl/N-ethyl adjacent to an activating group) is 1. The molecule has 5 amide bonds. The molecule has 3 N–H and O–H groups in total. The van der Waals surface area contributed by atoms with Crippen LogP contribution in [0.1, 0.15) is 66.0 Å². The molecule has 0 aliphatic carbocycles. The van der Waals surface area contributed by atoms with Crippen molar-refractivity contribution in [2.24, 2.45) is 5.92 Å². The number of para-hydroxylation sites is 1. The summed E-state index contributed by atoms with van der Waals surface area (Å²) in [5, 5.41) is 13.2. The zero-order chi connectivity index (χ0) is 37.1. The SMILES string of the molecule is Cc1nn(CCNC(=O)[C@@H]2CCC(=O)N(Cc3ccccc3)CC(=O)N(C)CC(=O)N[C@@H](CC(C)C)COc3ccccc3C(=O)N2)c(C)c1C. The molecule has 4 rings (SSSR count). The van der Waals surface area contributed by atoms with Gasteiger partial charge in [-0.15, -0.1) is 0 Å². The average molecular weight is 702 g/mol. The minimum Gasteiger partial charge on any atom is -0.491 e. The summed E-state index contributed by atoms with van der Waals surface area (Å²) in [6.07, 6.45) is 0.442. The monoisotopic (exact) mass is 701 g/mol. The number of hydrogen-bond donors (Lipinski definition) is 3. The molecule has 2 atom stereocenters. The summed E-state index contributed by atoms with van der Waals surface area (Å²) in [5.41, 5.74) is 4.03. The van der Waals surface area contributed by atoms with Crippen molar-refractivity contribution in [1.29, 1.82) is 0 Å². The van der Waals surface area contributed by atoms with Gasteiger partial charge in [0, 0.05) is 32.3 Å². The Kier molecular flexibility index (Phi) is 13.7. The van der Waals surface area contributed by atoms with E-state index in [4.69, 9.17) is 4.74 Å². The van der Waals surface area contributed by atoms with E-state index >= 15 is 0 Å². The van der Waals surface area contributed by atoms with Gasteiger partial charge in [-0.05, 0) is 62.8 Å². The highest BCUT2D eigenvalue weighted by atomic mass is 16.5. The van der Waals surface area contributed by atoms with Gasteiger partial charge in [0.2, 0.25) is 23.6 Å². The number of aromatic nitrogens is 2. The lowest BCUT2D eigenvalue weighted by Gasteiger charge is -2.27. The summed E-state index contributed by atoms with van der Waals surface area (Å²) >= 11 is 0. The molecule has 1 aliphatic heterocycles. The van der Waals surface area contributed by atoms with E-state index in [1.807, 2.05) is 69.6 Å². The average Bonchev–Trinajstić information content (AvgIpc) is 3.34. The molecule has 51 heavy (non-hydrogen) atoms. The van der Waals surface area contributed by atoms with Crippen LogP contribution < -0.4 is 20.7 Å². The van der Waals surface area contributed by atoms with Crippen LogP contribution in [-0.4, -0.2) is 94.5 Å². The summed E-state index contributed by atoms with van der Waals surface area (Å²) in [4.78, 5) is 70.4. The molecule has 0 spiro atoms. The molecule has 274 valence electrons. The summed E-state index contributed by atoms with van der Waals surface area (Å²) in [5.74, 6) is -1.65. The van der Waals surface area contributed by atoms with Crippen molar-refractivity contribution in [1.82, 2.24) is 35.5 Å². The Hall–Kier alpha value is -5.20. The predicted molar refractivity (Wildman–Crippen MR) is 193 cm³/mol. The second-order valence-electron chi connectivity index (χ2n) is 13.6. The van der Waals surface area contributed by atoms with Crippen molar-refractivity contribution in [3.05, 3.63) is 82.7 Å². The first-order valence-corrected chi connectivity index (χ1v) is 17.5. The molecule has 1 aliphatic rings. The number of nitrogens with one attached hydrogen (secondary N) is 3. The fraction of sp³-hybridized carbons (Fsp3) is 0.474. The first-order chi connectivity index (χ1) is 24.3. The zero-order valence-corrected chi connectivity index (χ0v) is 30.5. The second kappa shape index (κ2) is 18.2. The van der Waals surface area contributed by atoms with Crippen LogP contribution in [0.15, 0.2) is 54.6 Å². The number of carbonyl (C=O) groups is 5. The Morgan fingerprint density at radius 2 is 1.67 bits per heavy atom. The van der Waals surface area contributed by atoms with Gasteiger partial charge in [-0.3, -0.25) is 28.7 Å². The van der Waals surface area contributed by atoms with Crippen molar-refractivity contribution in [2.45, 2.75) is 79.1 Å². The van der Waals surface area contributed by atoms with Gasteiger partial charge in [0.05, 0.1) is 30.4 Å². The maximum Gasteiger partial charge on any atom is 0.255 e. The third-order valence-corrected chi connectivity index (χ3v) is 9.03. The third kappa shape index (κ3) is 11.1. The van der Waals surface area contributed by atoms with E-state index in [1.165, 1.54) is 16.8 Å². The number of aryl methyl sites for hydroxylation is 1. The second-order valence-corrected chi connectivity index (χ2v) is 13.6. The molecule has 0 saturated heterocycles. The van der Waals surface area contributed by atoms with Crippen LogP contribution in [0.3, 0.4) is 0 Å². The number of ether oxygens (including phenoxy) is 1. The lowest BCUT2D eigenvalue weighted by molar-refractivity contribution is -0.142. The molecular weight excluding hydrogens is 650 g/mol. The van der Waals surface area contributed by atoms with E-state index in [0.29, 0.717) is 13.0 Å². The van der Waals surface area contributed by atoms with Crippen LogP contribution in [0, 0.1) is 26.7 Å². The Balaban J connectivity index is 1.62. The smallest absolute Gasteiger partial charge is 0.255 e. The Morgan fingerprint density at radius 1 is 0.961 bits per heavy atom. The lowest BCUT2D eigenvalue weighted by Crippen LogP contribution is -2.49. The van der Waals surface area contributed by atoms with Crippen molar-refractivity contribution in [2.75, 3.05) is 33.3 Å². The standard InChI is InChI=1S/C38H51N7O6/c1-25(2)20-30-24-51-33-15-11-10-14-31(33)37(49)41-32(38(50)39-18-19-45-28(5)26(3)27(4)42-45)16-17-35(47)44(21-29-12-8-7-9-13-29)23-36(48)43(6)22-34(46)40-30/h7-15,25,30,32H,16-24H2,1-6H3,(H,39,50)(H,40,46)(H,41,49)/t30-,32-/m0/s1. The van der Waals surface area contributed by atoms with Gasteiger partial charge < -0.3 is 30.5 Å². The highest BCUT2D eigenvalue weighted by Crippen LogP contribution is 2.20. The largest absolute Gasteiger partial charge is 0.491 e. The number of rotatable bonds is 8. The topological polar surface area (TPSA) is 155 Å². The molecule has 3 aromatic rings. The fourth-order valence-electron chi connectivity index (χ4n) is 5.95. The molecule has 0 fully saturated rings. The van der Waals surface area contributed by atoms with E-state index in [0.717, 1.165) is 22.5 Å². The van der Waals surface area contributed by atoms with E-state index in [1.54, 1.807) is 24.3 Å². The number of carbonyl (C=O) groups excluding carboxylic acids is 5. The minimum absolute atomic E-state index is 0.0212. The van der Waals surface area contributed by atoms with Crippen molar-refractivity contribution in [3.8, 4) is 5.75 Å². The van der Waals surface area contributed by atoms with Gasteiger partial charge in [0.25, 0.3) is 5.91 Å². The summed E-state index contributed by atoms with van der Waals surface area (Å²) in [6.45, 7) is 10.4. The molecular formula is C38H51N7O6. The van der Waals surface area contributed by atoms with Crippen LogP contribution in [0.25, 0.3) is 0 Å². The summed E-state index contributed by atoms with van der Waals surface area (Å²) in [6, 6.07) is 14.5. The van der Waals surface area contributed by atoms with E-state index in [-0.39, 0.29) is 74.7 Å². The van der Waals surface area contributed by atoms with Crippen molar-refractivity contribution < 1.29 is 28.7 Å². The van der Waals surface area contributed by atoms with Crippen LogP contribution in [0.4, 0.5) is 0 Å². The van der Waals surface area contributed by atoms with Gasteiger partial charge in [-0.1, -0.05) is 56.3 Å². The Bertz CT molecular complexity index is 1690. The molecule has 2 heterocycles. The summed E-state index contributed by atoms with van der Waals surface area (Å²) in [7, 11) is 1.53. The van der Waals surface area contributed by atoms with E-state index < -0.39 is 29.8 Å². The maximum absolute atomic E-state index is 13.8. The van der Waals surface area contributed by atoms with Crippen LogP contribution >= 0.6 is 0 Å². The molecule has 1 aromatic heterocycles. The minimum atomic E-state index is -1.07. The molecule has 13 heteroatoms. The van der Waals surface area contributed by atoms with Gasteiger partial charge in [-0.25, -0.2) is 0 Å². The highest BCUT2D eigenvalue weighted by Gasteiger charge is 2.28. The molecule has 0 saturated carbocycles. The lowest BCUT2D eigenvalue weighted by atomic mass is 10.0. The van der Waals surface area contributed by atoms with Gasteiger partial charge in [0.15, 0.2) is 0 Å². The fourth-order valence-corrected chi connectivity index (χ4v) is 5.95. The zero-order valence-electron chi connectivity index (χ0n) is 30.5. The van der Waals surface area contributed by atoms with Crippen molar-refractivity contribution in [3.63, 3.8) is 0 Å². The molecule has 0 bridgehead atoms. The normalized spacial score (nSPS) is 18.3. The van der Waals surface area contributed by atoms with Crippen LogP contribution in [0.5, 0.6) is 5.75 Å². The summed E-state index contributed by atoms with van der Waals surface area (Å²) < 4.78 is 7.93. The number of nitrogens with zero attached hydrogens (tertiary/aromatic N) is 4. The highest BCUT2D eigenvalue weighted by molar-refractivity contribution is 5.99.